The molecule has 2 aromatic carbocycles. The van der Waals surface area contributed by atoms with Gasteiger partial charge >= 0.3 is 0 Å². The number of primary sulfonamides is 1. The number of nitrogens with zero attached hydrogens (tertiary/aromatic N) is 3. The Morgan fingerprint density at radius 3 is 2.26 bits per heavy atom. The fourth-order valence-electron chi connectivity index (χ4n) is 2.78. The van der Waals surface area contributed by atoms with Gasteiger partial charge in [-0.2, -0.15) is 5.26 Å². The minimum atomic E-state index is -4.02. The molecule has 0 aliphatic heterocycles. The van der Waals surface area contributed by atoms with Crippen LogP contribution in [-0.2, 0) is 10.0 Å². The molecule has 0 fully saturated rings. The first-order valence-electron chi connectivity index (χ1n) is 8.00. The van der Waals surface area contributed by atoms with Crippen LogP contribution in [0.3, 0.4) is 0 Å². The van der Waals surface area contributed by atoms with Crippen molar-refractivity contribution >= 4 is 43.4 Å². The lowest BCUT2D eigenvalue weighted by molar-refractivity contribution is 0.598. The molecule has 0 saturated carbocycles. The van der Waals surface area contributed by atoms with Crippen molar-refractivity contribution in [3.63, 3.8) is 0 Å². The van der Waals surface area contributed by atoms with Crippen molar-refractivity contribution in [1.29, 1.82) is 5.26 Å². The maximum Gasteiger partial charge on any atom is 0.240 e. The maximum atomic E-state index is 12.2. The summed E-state index contributed by atoms with van der Waals surface area (Å²) >= 11 is 1.53. The Hall–Kier alpha value is -2.86. The van der Waals surface area contributed by atoms with Gasteiger partial charge < -0.3 is 9.80 Å². The molecule has 2 N–H and O–H groups in total. The van der Waals surface area contributed by atoms with E-state index in [9.17, 15) is 13.7 Å². The fourth-order valence-corrected chi connectivity index (χ4v) is 4.26. The molecule has 27 heavy (non-hydrogen) atoms. The highest BCUT2D eigenvalue weighted by molar-refractivity contribution is 7.89. The van der Waals surface area contributed by atoms with Gasteiger partial charge in [-0.1, -0.05) is 18.2 Å². The molecule has 6 nitrogen and oxygen atoms in total. The second kappa shape index (κ2) is 7.40. The third-order valence-electron chi connectivity index (χ3n) is 4.21. The number of benzene rings is 2. The molecule has 3 rings (SSSR count). The standard InChI is InChI=1S/C19H18N4O2S2/c1-22(15-7-4-3-5-8-15)17-12-16(23(2)19-9-6-10-26-19)14(13-20)11-18(17)27(21,24)25/h3-12H,1-2H3,(H2,21,24,25). The molecule has 3 aromatic rings. The molecular weight excluding hydrogens is 380 g/mol. The highest BCUT2D eigenvalue weighted by Crippen LogP contribution is 2.38. The maximum absolute atomic E-state index is 12.2. The average Bonchev–Trinajstić information content (AvgIpc) is 3.20. The smallest absolute Gasteiger partial charge is 0.240 e. The molecule has 0 atom stereocenters. The highest BCUT2D eigenvalue weighted by atomic mass is 32.2. The van der Waals surface area contributed by atoms with Gasteiger partial charge in [0.15, 0.2) is 0 Å². The molecule has 8 heteroatoms. The van der Waals surface area contributed by atoms with Crippen LogP contribution in [0.4, 0.5) is 22.1 Å². The van der Waals surface area contributed by atoms with Crippen molar-refractivity contribution in [2.45, 2.75) is 4.90 Å². The summed E-state index contributed by atoms with van der Waals surface area (Å²) in [4.78, 5) is 3.51. The Bertz CT molecular complexity index is 1090. The van der Waals surface area contributed by atoms with E-state index in [4.69, 9.17) is 5.14 Å². The summed E-state index contributed by atoms with van der Waals surface area (Å²) in [6, 6.07) is 18.3. The molecule has 0 aliphatic rings. The van der Waals surface area contributed by atoms with Crippen molar-refractivity contribution in [3.05, 3.63) is 65.5 Å². The summed E-state index contributed by atoms with van der Waals surface area (Å²) in [6.45, 7) is 0. The zero-order valence-electron chi connectivity index (χ0n) is 14.8. The molecule has 0 unspecified atom stereocenters. The third kappa shape index (κ3) is 3.80. The first-order chi connectivity index (χ1) is 12.8. The summed E-state index contributed by atoms with van der Waals surface area (Å²) in [6.07, 6.45) is 0. The predicted octanol–water partition coefficient (Wildman–Crippen LogP) is 3.80. The fraction of sp³-hybridized carbons (Fsp3) is 0.105. The van der Waals surface area contributed by atoms with Gasteiger partial charge in [0.05, 0.1) is 21.9 Å². The molecule has 0 spiro atoms. The second-order valence-corrected chi connectivity index (χ2v) is 8.35. The molecule has 1 heterocycles. The summed E-state index contributed by atoms with van der Waals surface area (Å²) in [5.74, 6) is 0. The van der Waals surface area contributed by atoms with E-state index in [1.54, 1.807) is 18.0 Å². The molecule has 0 bridgehead atoms. The van der Waals surface area contributed by atoms with Crippen LogP contribution >= 0.6 is 11.3 Å². The third-order valence-corrected chi connectivity index (χ3v) is 6.09. The minimum Gasteiger partial charge on any atom is -0.343 e. The number of nitriles is 1. The summed E-state index contributed by atoms with van der Waals surface area (Å²) in [7, 11) is -0.422. The quantitative estimate of drug-likeness (QED) is 0.706. The van der Waals surface area contributed by atoms with Gasteiger partial charge in [-0.05, 0) is 41.8 Å². The Balaban J connectivity index is 2.24. The van der Waals surface area contributed by atoms with Gasteiger partial charge in [0.1, 0.15) is 11.0 Å². The van der Waals surface area contributed by atoms with Crippen LogP contribution in [0.25, 0.3) is 0 Å². The van der Waals surface area contributed by atoms with Gasteiger partial charge in [-0.3, -0.25) is 0 Å². The molecule has 0 radical (unpaired) electrons. The minimum absolute atomic E-state index is 0.0891. The van der Waals surface area contributed by atoms with Crippen molar-refractivity contribution in [2.24, 2.45) is 5.14 Å². The molecule has 0 saturated heterocycles. The summed E-state index contributed by atoms with van der Waals surface area (Å²) in [5.41, 5.74) is 2.04. The lowest BCUT2D eigenvalue weighted by atomic mass is 10.1. The number of sulfonamides is 1. The zero-order valence-corrected chi connectivity index (χ0v) is 16.5. The zero-order chi connectivity index (χ0) is 19.6. The molecule has 0 amide bonds. The van der Waals surface area contributed by atoms with Crippen LogP contribution in [0.5, 0.6) is 0 Å². The lowest BCUT2D eigenvalue weighted by Crippen LogP contribution is -2.20. The van der Waals surface area contributed by atoms with Gasteiger partial charge in [-0.25, -0.2) is 13.6 Å². The number of nitrogens with two attached hydrogens (primary N) is 1. The van der Waals surface area contributed by atoms with Gasteiger partial charge in [0.25, 0.3) is 0 Å². The number of hydrogen-bond acceptors (Lipinski definition) is 6. The van der Waals surface area contributed by atoms with Gasteiger partial charge in [0.2, 0.25) is 10.0 Å². The van der Waals surface area contributed by atoms with Crippen LogP contribution in [0.1, 0.15) is 5.56 Å². The molecular formula is C19H18N4O2S2. The largest absolute Gasteiger partial charge is 0.343 e. The Morgan fingerprint density at radius 1 is 1.00 bits per heavy atom. The van der Waals surface area contributed by atoms with Crippen molar-refractivity contribution in [3.8, 4) is 6.07 Å². The van der Waals surface area contributed by atoms with Crippen LogP contribution in [0.15, 0.2) is 64.9 Å². The second-order valence-electron chi connectivity index (χ2n) is 5.90. The van der Waals surface area contributed by atoms with Crippen molar-refractivity contribution in [1.82, 2.24) is 0 Å². The van der Waals surface area contributed by atoms with Crippen LogP contribution in [0, 0.1) is 11.3 Å². The monoisotopic (exact) mass is 398 g/mol. The SMILES string of the molecule is CN(c1ccccc1)c1cc(N(C)c2cccs2)c(C#N)cc1S(N)(=O)=O. The normalized spacial score (nSPS) is 11.0. The van der Waals surface area contributed by atoms with Crippen LogP contribution in [-0.4, -0.2) is 22.5 Å². The van der Waals surface area contributed by atoms with Crippen molar-refractivity contribution in [2.75, 3.05) is 23.9 Å². The summed E-state index contributed by atoms with van der Waals surface area (Å²) < 4.78 is 24.4. The van der Waals surface area contributed by atoms with E-state index < -0.39 is 10.0 Å². The first kappa shape index (κ1) is 18.9. The van der Waals surface area contributed by atoms with Gasteiger partial charge in [-0.15, -0.1) is 11.3 Å². The number of rotatable bonds is 5. The number of anilines is 4. The van der Waals surface area contributed by atoms with E-state index in [-0.39, 0.29) is 10.5 Å². The van der Waals surface area contributed by atoms with Crippen molar-refractivity contribution < 1.29 is 8.42 Å². The topological polar surface area (TPSA) is 90.4 Å². The molecule has 1 aromatic heterocycles. The van der Waals surface area contributed by atoms with E-state index in [0.29, 0.717) is 11.4 Å². The van der Waals surface area contributed by atoms with E-state index >= 15 is 0 Å². The Morgan fingerprint density at radius 2 is 1.70 bits per heavy atom. The van der Waals surface area contributed by atoms with E-state index in [1.165, 1.54) is 17.4 Å². The van der Waals surface area contributed by atoms with Crippen LogP contribution in [0.2, 0.25) is 0 Å². The lowest BCUT2D eigenvalue weighted by Gasteiger charge is -2.26. The van der Waals surface area contributed by atoms with Crippen LogP contribution < -0.4 is 14.9 Å². The molecule has 138 valence electrons. The van der Waals surface area contributed by atoms with E-state index in [2.05, 4.69) is 6.07 Å². The van der Waals surface area contributed by atoms with Gasteiger partial charge in [0, 0.05) is 19.8 Å². The first-order valence-corrected chi connectivity index (χ1v) is 10.4. The van der Waals surface area contributed by atoms with E-state index in [1.807, 2.05) is 59.8 Å². The molecule has 0 aliphatic carbocycles. The Kier molecular flexibility index (Phi) is 5.19. The Labute approximate surface area is 162 Å². The predicted molar refractivity (Wildman–Crippen MR) is 109 cm³/mol. The highest BCUT2D eigenvalue weighted by Gasteiger charge is 2.23. The van der Waals surface area contributed by atoms with E-state index in [0.717, 1.165) is 10.7 Å². The number of para-hydroxylation sites is 1. The average molecular weight is 399 g/mol. The number of thiophene rings is 1. The number of hydrogen-bond donors (Lipinski definition) is 1. The summed E-state index contributed by atoms with van der Waals surface area (Å²) in [5, 5.41) is 17.9.